The number of hydrogen-bond donors (Lipinski definition) is 1. The molecule has 1 aliphatic rings. The van der Waals surface area contributed by atoms with Gasteiger partial charge < -0.3 is 5.32 Å². The molecule has 0 aliphatic carbocycles. The maximum Gasteiger partial charge on any atom is 0.112 e. The molecule has 4 heteroatoms. The Labute approximate surface area is 115 Å². The van der Waals surface area contributed by atoms with Crippen LogP contribution in [0.5, 0.6) is 0 Å². The molecule has 18 heavy (non-hydrogen) atoms. The summed E-state index contributed by atoms with van der Waals surface area (Å²) < 4.78 is 0. The lowest BCUT2D eigenvalue weighted by atomic mass is 9.91. The van der Waals surface area contributed by atoms with Crippen molar-refractivity contribution in [3.05, 3.63) is 16.6 Å². The van der Waals surface area contributed by atoms with Gasteiger partial charge in [-0.1, -0.05) is 13.8 Å². The van der Waals surface area contributed by atoms with E-state index in [4.69, 9.17) is 0 Å². The molecule has 1 fully saturated rings. The molecule has 0 bridgehead atoms. The summed E-state index contributed by atoms with van der Waals surface area (Å²) in [6.45, 7) is 13.7. The molecule has 0 radical (unpaired) electrons. The van der Waals surface area contributed by atoms with E-state index in [0.717, 1.165) is 13.1 Å². The zero-order valence-corrected chi connectivity index (χ0v) is 12.9. The largest absolute Gasteiger partial charge is 0.311 e. The van der Waals surface area contributed by atoms with Crippen molar-refractivity contribution < 1.29 is 0 Å². The van der Waals surface area contributed by atoms with Gasteiger partial charge in [0.25, 0.3) is 0 Å². The number of nitrogens with zero attached hydrogens (tertiary/aromatic N) is 2. The molecule has 0 spiro atoms. The van der Waals surface area contributed by atoms with Crippen LogP contribution in [0, 0.1) is 5.92 Å². The van der Waals surface area contributed by atoms with E-state index in [1.54, 1.807) is 11.3 Å². The van der Waals surface area contributed by atoms with Gasteiger partial charge in [-0.15, -0.1) is 11.3 Å². The van der Waals surface area contributed by atoms with Gasteiger partial charge in [-0.05, 0) is 26.7 Å². The fourth-order valence-electron chi connectivity index (χ4n) is 2.81. The molecule has 102 valence electrons. The van der Waals surface area contributed by atoms with Crippen molar-refractivity contribution in [2.24, 2.45) is 5.92 Å². The molecule has 1 aromatic heterocycles. The number of hydrogen-bond acceptors (Lipinski definition) is 4. The molecular weight excluding hydrogens is 242 g/mol. The standard InChI is InChI=1S/C14H25N3S/c1-10(2)12-8-16-11(3)9-17(12)14(4,5)13-15-6-7-18-13/h6-7,10-12,16H,8-9H2,1-5H3. The van der Waals surface area contributed by atoms with Crippen molar-refractivity contribution in [2.45, 2.75) is 52.2 Å². The van der Waals surface area contributed by atoms with E-state index < -0.39 is 0 Å². The van der Waals surface area contributed by atoms with E-state index >= 15 is 0 Å². The van der Waals surface area contributed by atoms with E-state index in [9.17, 15) is 0 Å². The third-order valence-electron chi connectivity index (χ3n) is 3.99. The summed E-state index contributed by atoms with van der Waals surface area (Å²) in [7, 11) is 0. The topological polar surface area (TPSA) is 28.2 Å². The van der Waals surface area contributed by atoms with Gasteiger partial charge in [-0.3, -0.25) is 4.90 Å². The summed E-state index contributed by atoms with van der Waals surface area (Å²) in [5.41, 5.74) is 0.0272. The van der Waals surface area contributed by atoms with E-state index in [1.807, 2.05) is 6.20 Å². The second-order valence-electron chi connectivity index (χ2n) is 6.17. The van der Waals surface area contributed by atoms with Gasteiger partial charge in [0.2, 0.25) is 0 Å². The highest BCUT2D eigenvalue weighted by molar-refractivity contribution is 7.09. The first kappa shape index (κ1) is 14.0. The molecular formula is C14H25N3S. The highest BCUT2D eigenvalue weighted by Crippen LogP contribution is 2.34. The number of rotatable bonds is 3. The Hall–Kier alpha value is -0.450. The second-order valence-corrected chi connectivity index (χ2v) is 7.06. The van der Waals surface area contributed by atoms with Crippen molar-refractivity contribution >= 4 is 11.3 Å². The lowest BCUT2D eigenvalue weighted by Gasteiger charge is -2.49. The highest BCUT2D eigenvalue weighted by Gasteiger charge is 2.39. The molecule has 3 nitrogen and oxygen atoms in total. The smallest absolute Gasteiger partial charge is 0.112 e. The Balaban J connectivity index is 2.27. The summed E-state index contributed by atoms with van der Waals surface area (Å²) in [4.78, 5) is 7.17. The summed E-state index contributed by atoms with van der Waals surface area (Å²) in [6, 6.07) is 1.14. The van der Waals surface area contributed by atoms with Crippen LogP contribution in [0.1, 0.15) is 39.6 Å². The lowest BCUT2D eigenvalue weighted by Crippen LogP contribution is -2.62. The van der Waals surface area contributed by atoms with Crippen LogP contribution >= 0.6 is 11.3 Å². The van der Waals surface area contributed by atoms with E-state index in [1.165, 1.54) is 5.01 Å². The van der Waals surface area contributed by atoms with Crippen molar-refractivity contribution in [3.8, 4) is 0 Å². The van der Waals surface area contributed by atoms with Gasteiger partial charge in [0.15, 0.2) is 0 Å². The SMILES string of the molecule is CC1CN(C(C)(C)c2nccs2)C(C(C)C)CN1. The third kappa shape index (κ3) is 2.60. The number of thiazole rings is 1. The quantitative estimate of drug-likeness (QED) is 0.912. The molecule has 2 unspecified atom stereocenters. The first-order chi connectivity index (χ1) is 8.43. The van der Waals surface area contributed by atoms with Gasteiger partial charge in [0, 0.05) is 36.8 Å². The third-order valence-corrected chi connectivity index (χ3v) is 5.08. The van der Waals surface area contributed by atoms with Crippen molar-refractivity contribution in [1.82, 2.24) is 15.2 Å². The Morgan fingerprint density at radius 2 is 2.22 bits per heavy atom. The Bertz CT molecular complexity index is 372. The Morgan fingerprint density at radius 1 is 1.50 bits per heavy atom. The van der Waals surface area contributed by atoms with Gasteiger partial charge in [0.05, 0.1) is 5.54 Å². The van der Waals surface area contributed by atoms with Crippen LogP contribution < -0.4 is 5.32 Å². The summed E-state index contributed by atoms with van der Waals surface area (Å²) in [5, 5.41) is 6.90. The molecule has 1 aromatic rings. The van der Waals surface area contributed by atoms with Gasteiger partial charge in [-0.25, -0.2) is 4.98 Å². The monoisotopic (exact) mass is 267 g/mol. The number of nitrogens with one attached hydrogen (secondary N) is 1. The zero-order valence-electron chi connectivity index (χ0n) is 12.1. The maximum atomic E-state index is 4.54. The van der Waals surface area contributed by atoms with Crippen LogP contribution in [-0.4, -0.2) is 35.1 Å². The van der Waals surface area contributed by atoms with Crippen LogP contribution in [-0.2, 0) is 5.54 Å². The molecule has 1 N–H and O–H groups in total. The number of piperazine rings is 1. The van der Waals surface area contributed by atoms with Crippen molar-refractivity contribution in [2.75, 3.05) is 13.1 Å². The molecule has 0 saturated carbocycles. The zero-order chi connectivity index (χ0) is 13.3. The van der Waals surface area contributed by atoms with E-state index in [0.29, 0.717) is 18.0 Å². The predicted octanol–water partition coefficient (Wildman–Crippen LogP) is 2.70. The summed E-state index contributed by atoms with van der Waals surface area (Å²) in [5.74, 6) is 0.657. The van der Waals surface area contributed by atoms with Crippen LogP contribution in [0.2, 0.25) is 0 Å². The first-order valence-corrected chi connectivity index (χ1v) is 7.71. The van der Waals surface area contributed by atoms with Crippen molar-refractivity contribution in [3.63, 3.8) is 0 Å². The maximum absolute atomic E-state index is 4.54. The lowest BCUT2D eigenvalue weighted by molar-refractivity contribution is 0.0101. The molecule has 0 amide bonds. The second kappa shape index (κ2) is 5.27. The average molecular weight is 267 g/mol. The Kier molecular flexibility index (Phi) is 4.09. The van der Waals surface area contributed by atoms with Gasteiger partial charge >= 0.3 is 0 Å². The van der Waals surface area contributed by atoms with Crippen molar-refractivity contribution in [1.29, 1.82) is 0 Å². The molecule has 2 heterocycles. The summed E-state index contributed by atoms with van der Waals surface area (Å²) in [6.07, 6.45) is 1.91. The molecule has 2 rings (SSSR count). The van der Waals surface area contributed by atoms with Gasteiger partial charge in [-0.2, -0.15) is 0 Å². The van der Waals surface area contributed by atoms with Crippen LogP contribution in [0.25, 0.3) is 0 Å². The Morgan fingerprint density at radius 3 is 2.78 bits per heavy atom. The molecule has 1 saturated heterocycles. The van der Waals surface area contributed by atoms with Crippen LogP contribution in [0.4, 0.5) is 0 Å². The molecule has 2 atom stereocenters. The normalized spacial score (nSPS) is 26.8. The predicted molar refractivity (Wildman–Crippen MR) is 77.9 cm³/mol. The minimum Gasteiger partial charge on any atom is -0.311 e. The fourth-order valence-corrected chi connectivity index (χ4v) is 3.59. The van der Waals surface area contributed by atoms with E-state index in [-0.39, 0.29) is 5.54 Å². The minimum atomic E-state index is 0.0272. The fraction of sp³-hybridized carbons (Fsp3) is 0.786. The first-order valence-electron chi connectivity index (χ1n) is 6.83. The van der Waals surface area contributed by atoms with Crippen LogP contribution in [0.3, 0.4) is 0 Å². The number of aromatic nitrogens is 1. The molecule has 1 aliphatic heterocycles. The molecule has 0 aromatic carbocycles. The summed E-state index contributed by atoms with van der Waals surface area (Å²) >= 11 is 1.77. The highest BCUT2D eigenvalue weighted by atomic mass is 32.1. The van der Waals surface area contributed by atoms with E-state index in [2.05, 4.69) is 55.2 Å². The van der Waals surface area contributed by atoms with Gasteiger partial charge in [0.1, 0.15) is 5.01 Å². The van der Waals surface area contributed by atoms with Crippen LogP contribution in [0.15, 0.2) is 11.6 Å². The average Bonchev–Trinajstić information content (AvgIpc) is 2.82. The minimum absolute atomic E-state index is 0.0272.